The number of rotatable bonds is 7. The Morgan fingerprint density at radius 3 is 2.80 bits per heavy atom. The Morgan fingerprint density at radius 2 is 1.97 bits per heavy atom. The van der Waals surface area contributed by atoms with Crippen molar-refractivity contribution in [3.8, 4) is 17.2 Å². The Morgan fingerprint density at radius 1 is 1.13 bits per heavy atom. The van der Waals surface area contributed by atoms with E-state index in [0.29, 0.717) is 28.4 Å². The number of fused-ring (bicyclic) bond motifs is 2. The van der Waals surface area contributed by atoms with E-state index in [1.54, 1.807) is 31.4 Å². The zero-order chi connectivity index (χ0) is 21.1. The second-order valence-corrected chi connectivity index (χ2v) is 6.84. The summed E-state index contributed by atoms with van der Waals surface area (Å²) in [5.74, 6) is 1.09. The van der Waals surface area contributed by atoms with E-state index in [1.807, 2.05) is 12.1 Å². The van der Waals surface area contributed by atoms with Gasteiger partial charge < -0.3 is 28.7 Å². The van der Waals surface area contributed by atoms with Crippen molar-refractivity contribution in [3.63, 3.8) is 0 Å². The normalized spacial score (nSPS) is 13.1. The first-order valence-electron chi connectivity index (χ1n) is 9.43. The minimum Gasteiger partial charge on any atom is -0.497 e. The molecule has 8 heteroatoms. The van der Waals surface area contributed by atoms with Crippen LogP contribution < -0.4 is 19.5 Å². The number of benzene rings is 2. The predicted octanol–water partition coefficient (Wildman–Crippen LogP) is 2.96. The summed E-state index contributed by atoms with van der Waals surface area (Å²) >= 11 is 0. The first kappa shape index (κ1) is 19.6. The van der Waals surface area contributed by atoms with Crippen LogP contribution in [0.15, 0.2) is 47.1 Å². The van der Waals surface area contributed by atoms with Gasteiger partial charge in [-0.15, -0.1) is 0 Å². The molecule has 0 saturated carbocycles. The Labute approximate surface area is 172 Å². The van der Waals surface area contributed by atoms with Crippen LogP contribution in [0.3, 0.4) is 0 Å². The summed E-state index contributed by atoms with van der Waals surface area (Å²) in [6, 6.07) is 10.8. The van der Waals surface area contributed by atoms with E-state index in [9.17, 15) is 9.59 Å². The quantitative estimate of drug-likeness (QED) is 0.597. The Balaban J connectivity index is 1.30. The van der Waals surface area contributed by atoms with Crippen LogP contribution in [0.4, 0.5) is 0 Å². The molecule has 1 atom stereocenters. The van der Waals surface area contributed by atoms with Crippen molar-refractivity contribution in [2.45, 2.75) is 26.0 Å². The van der Waals surface area contributed by atoms with Crippen LogP contribution in [0.1, 0.15) is 18.1 Å². The largest absolute Gasteiger partial charge is 0.497 e. The van der Waals surface area contributed by atoms with Crippen LogP contribution in [-0.2, 0) is 27.3 Å². The zero-order valence-electron chi connectivity index (χ0n) is 16.6. The molecule has 1 aliphatic rings. The van der Waals surface area contributed by atoms with Crippen LogP contribution in [0.2, 0.25) is 0 Å². The fourth-order valence-electron chi connectivity index (χ4n) is 3.16. The lowest BCUT2D eigenvalue weighted by Gasteiger charge is -2.13. The lowest BCUT2D eigenvalue weighted by Crippen LogP contribution is -2.35. The Kier molecular flexibility index (Phi) is 5.47. The van der Waals surface area contributed by atoms with Gasteiger partial charge in [-0.1, -0.05) is 6.07 Å². The first-order chi connectivity index (χ1) is 14.5. The van der Waals surface area contributed by atoms with Crippen molar-refractivity contribution in [1.82, 2.24) is 5.32 Å². The molecule has 0 fully saturated rings. The van der Waals surface area contributed by atoms with Crippen LogP contribution in [-0.4, -0.2) is 31.9 Å². The van der Waals surface area contributed by atoms with Crippen molar-refractivity contribution in [2.24, 2.45) is 0 Å². The molecular formula is C22H21NO7. The van der Waals surface area contributed by atoms with Gasteiger partial charge in [0.2, 0.25) is 6.79 Å². The van der Waals surface area contributed by atoms with Crippen molar-refractivity contribution >= 4 is 22.8 Å². The number of carbonyl (C=O) groups is 2. The maximum Gasteiger partial charge on any atom is 0.311 e. The van der Waals surface area contributed by atoms with Crippen LogP contribution in [0, 0.1) is 0 Å². The summed E-state index contributed by atoms with van der Waals surface area (Å²) < 4.78 is 26.5. The van der Waals surface area contributed by atoms with Crippen molar-refractivity contribution in [3.05, 3.63) is 53.8 Å². The molecule has 0 aliphatic carbocycles. The standard InChI is InChI=1S/C22H21NO7/c1-13(22(25)23-10-14-3-6-18-20(7-14)29-12-28-18)30-21(24)8-15-11-27-19-9-16(26-2)4-5-17(15)19/h3-7,9,11,13H,8,10,12H2,1-2H3,(H,23,25). The SMILES string of the molecule is COc1ccc2c(CC(=O)OC(C)C(=O)NCc3ccc4c(c3)OCO4)coc2c1. The minimum atomic E-state index is -0.926. The molecule has 0 spiro atoms. The molecule has 1 N–H and O–H groups in total. The summed E-state index contributed by atoms with van der Waals surface area (Å²) in [5, 5.41) is 3.55. The van der Waals surface area contributed by atoms with Gasteiger partial charge in [0.15, 0.2) is 17.6 Å². The highest BCUT2D eigenvalue weighted by Gasteiger charge is 2.20. The summed E-state index contributed by atoms with van der Waals surface area (Å²) in [7, 11) is 1.57. The highest BCUT2D eigenvalue weighted by molar-refractivity contribution is 5.88. The summed E-state index contributed by atoms with van der Waals surface area (Å²) in [4.78, 5) is 24.6. The Hall–Kier alpha value is -3.68. The van der Waals surface area contributed by atoms with Crippen LogP contribution >= 0.6 is 0 Å². The molecule has 0 radical (unpaired) electrons. The van der Waals surface area contributed by atoms with E-state index in [4.69, 9.17) is 23.4 Å². The predicted molar refractivity (Wildman–Crippen MR) is 106 cm³/mol. The van der Waals surface area contributed by atoms with Crippen molar-refractivity contribution in [2.75, 3.05) is 13.9 Å². The summed E-state index contributed by atoms with van der Waals surface area (Å²) in [5.41, 5.74) is 2.16. The molecule has 1 unspecified atom stereocenters. The number of furan rings is 1. The molecule has 1 aliphatic heterocycles. The number of hydrogen-bond donors (Lipinski definition) is 1. The topological polar surface area (TPSA) is 96.2 Å². The Bertz CT molecular complexity index is 1090. The van der Waals surface area contributed by atoms with Crippen molar-refractivity contribution < 1.29 is 33.0 Å². The zero-order valence-corrected chi connectivity index (χ0v) is 16.6. The van der Waals surface area contributed by atoms with Crippen molar-refractivity contribution in [1.29, 1.82) is 0 Å². The molecule has 2 aromatic carbocycles. The lowest BCUT2D eigenvalue weighted by atomic mass is 10.1. The van der Waals surface area contributed by atoms with Gasteiger partial charge in [-0.05, 0) is 36.8 Å². The molecule has 3 aromatic rings. The van der Waals surface area contributed by atoms with Gasteiger partial charge in [-0.3, -0.25) is 9.59 Å². The van der Waals surface area contributed by atoms with E-state index in [1.165, 1.54) is 13.2 Å². The molecule has 0 saturated heterocycles. The molecule has 156 valence electrons. The molecule has 2 heterocycles. The molecule has 1 aromatic heterocycles. The van der Waals surface area contributed by atoms with E-state index in [-0.39, 0.29) is 25.7 Å². The second-order valence-electron chi connectivity index (χ2n) is 6.84. The number of nitrogens with one attached hydrogen (secondary N) is 1. The average molecular weight is 411 g/mol. The number of methoxy groups -OCH3 is 1. The number of esters is 1. The molecule has 8 nitrogen and oxygen atoms in total. The summed E-state index contributed by atoms with van der Waals surface area (Å²) in [6.07, 6.45) is 0.583. The van der Waals surface area contributed by atoms with Gasteiger partial charge in [0.05, 0.1) is 19.8 Å². The van der Waals surface area contributed by atoms with Gasteiger partial charge in [0.25, 0.3) is 5.91 Å². The molecule has 1 amide bonds. The molecular weight excluding hydrogens is 390 g/mol. The smallest absolute Gasteiger partial charge is 0.311 e. The van der Waals surface area contributed by atoms with Gasteiger partial charge >= 0.3 is 5.97 Å². The van der Waals surface area contributed by atoms with Gasteiger partial charge in [-0.2, -0.15) is 0 Å². The highest BCUT2D eigenvalue weighted by atomic mass is 16.7. The fourth-order valence-corrected chi connectivity index (χ4v) is 3.16. The third-order valence-electron chi connectivity index (χ3n) is 4.78. The van der Waals surface area contributed by atoms with E-state index in [2.05, 4.69) is 5.32 Å². The lowest BCUT2D eigenvalue weighted by molar-refractivity contribution is -0.154. The minimum absolute atomic E-state index is 0.000883. The van der Waals surface area contributed by atoms with E-state index < -0.39 is 12.1 Å². The van der Waals surface area contributed by atoms with Crippen LogP contribution in [0.25, 0.3) is 11.0 Å². The third-order valence-corrected chi connectivity index (χ3v) is 4.78. The number of amides is 1. The maximum atomic E-state index is 12.3. The number of ether oxygens (including phenoxy) is 4. The molecule has 4 rings (SSSR count). The molecule has 0 bridgehead atoms. The fraction of sp³-hybridized carbons (Fsp3) is 0.273. The van der Waals surface area contributed by atoms with Gasteiger partial charge in [0, 0.05) is 23.6 Å². The van der Waals surface area contributed by atoms with E-state index in [0.717, 1.165) is 10.9 Å². The summed E-state index contributed by atoms with van der Waals surface area (Å²) in [6.45, 7) is 2.01. The first-order valence-corrected chi connectivity index (χ1v) is 9.43. The number of hydrogen-bond acceptors (Lipinski definition) is 7. The average Bonchev–Trinajstić information content (AvgIpc) is 3.37. The highest BCUT2D eigenvalue weighted by Crippen LogP contribution is 2.32. The van der Waals surface area contributed by atoms with Gasteiger partial charge in [-0.25, -0.2) is 0 Å². The third kappa shape index (κ3) is 4.17. The monoisotopic (exact) mass is 411 g/mol. The second kappa shape index (κ2) is 8.36. The maximum absolute atomic E-state index is 12.3. The molecule has 30 heavy (non-hydrogen) atoms. The van der Waals surface area contributed by atoms with Gasteiger partial charge in [0.1, 0.15) is 11.3 Å². The van der Waals surface area contributed by atoms with Crippen LogP contribution in [0.5, 0.6) is 17.2 Å². The number of carbonyl (C=O) groups excluding carboxylic acids is 2. The van der Waals surface area contributed by atoms with E-state index >= 15 is 0 Å².